The predicted octanol–water partition coefficient (Wildman–Crippen LogP) is 2.55. The van der Waals surface area contributed by atoms with Crippen LogP contribution >= 0.6 is 29.1 Å². The number of aliphatic carboxylic acids is 1. The van der Waals surface area contributed by atoms with Crippen molar-refractivity contribution >= 4 is 35.0 Å². The van der Waals surface area contributed by atoms with Gasteiger partial charge >= 0.3 is 48.0 Å². The van der Waals surface area contributed by atoms with E-state index in [2.05, 4.69) is 0 Å². The molecule has 0 aromatic rings. The van der Waals surface area contributed by atoms with E-state index in [4.69, 9.17) is 34.2 Å². The van der Waals surface area contributed by atoms with Gasteiger partial charge in [0.25, 0.3) is 0 Å². The summed E-state index contributed by atoms with van der Waals surface area (Å²) in [7, 11) is 14.8. The second kappa shape index (κ2) is 8.96. The minimum atomic E-state index is -1.75. The molecule has 0 aromatic carbocycles. The average molecular weight is 282 g/mol. The summed E-state index contributed by atoms with van der Waals surface area (Å²) >= 11 is -1.75. The molecule has 0 amide bonds. The van der Waals surface area contributed by atoms with Crippen LogP contribution in [0.15, 0.2) is 0 Å². The number of carbonyl (C=O) groups is 1. The van der Waals surface area contributed by atoms with E-state index in [-0.39, 0.29) is 6.42 Å². The van der Waals surface area contributed by atoms with Crippen molar-refractivity contribution in [2.75, 3.05) is 0 Å². The zero-order chi connectivity index (χ0) is 7.86. The van der Waals surface area contributed by atoms with Gasteiger partial charge in [-0.3, -0.25) is 4.79 Å². The van der Waals surface area contributed by atoms with Gasteiger partial charge in [-0.2, -0.15) is 0 Å². The van der Waals surface area contributed by atoms with E-state index in [9.17, 15) is 4.79 Å². The molecule has 0 radical (unpaired) electrons. The quantitative estimate of drug-likeness (QED) is 0.750. The first-order chi connectivity index (χ1) is 4.00. The fourth-order valence-corrected chi connectivity index (χ4v) is 0. The van der Waals surface area contributed by atoms with Gasteiger partial charge in [0.05, 0.1) is 0 Å². The van der Waals surface area contributed by atoms with E-state index in [1.807, 2.05) is 0 Å². The molecule has 0 saturated carbocycles. The second-order valence-electron chi connectivity index (χ2n) is 0.899. The molecule has 0 aliphatic carbocycles. The maximum absolute atomic E-state index is 9.37. The molecule has 0 bridgehead atoms. The number of halogens is 3. The van der Waals surface area contributed by atoms with Crippen molar-refractivity contribution in [2.45, 2.75) is 13.3 Å². The van der Waals surface area contributed by atoms with E-state index in [0.717, 1.165) is 0 Å². The van der Waals surface area contributed by atoms with Gasteiger partial charge in [-0.15, -0.1) is 0 Å². The molecule has 1 N–H and O–H groups in total. The molecular weight excluding hydrogens is 275 g/mol. The molecule has 6 heteroatoms. The van der Waals surface area contributed by atoms with E-state index in [1.54, 1.807) is 6.92 Å². The number of hydrogen-bond donors (Lipinski definition) is 1. The van der Waals surface area contributed by atoms with Crippen LogP contribution in [0.4, 0.5) is 0 Å². The fraction of sp³-hybridized carbons (Fsp3) is 0.667. The van der Waals surface area contributed by atoms with Gasteiger partial charge in [-0.05, 0) is 0 Å². The summed E-state index contributed by atoms with van der Waals surface area (Å²) in [6, 6.07) is 0. The third-order valence-corrected chi connectivity index (χ3v) is 0.302. The third kappa shape index (κ3) is 49.5. The van der Waals surface area contributed by atoms with E-state index >= 15 is 0 Å². The van der Waals surface area contributed by atoms with Gasteiger partial charge in [0.2, 0.25) is 0 Å². The zero-order valence-electron chi connectivity index (χ0n) is 4.55. The van der Waals surface area contributed by atoms with Crippen LogP contribution in [0.1, 0.15) is 13.3 Å². The molecule has 0 saturated heterocycles. The van der Waals surface area contributed by atoms with E-state index in [1.165, 1.54) is 0 Å². The van der Waals surface area contributed by atoms with Gasteiger partial charge in [0.1, 0.15) is 0 Å². The molecule has 0 fully saturated rings. The Labute approximate surface area is 71.1 Å². The zero-order valence-corrected chi connectivity index (χ0v) is 8.56. The molecule has 0 aromatic heterocycles. The number of rotatable bonds is 1. The summed E-state index contributed by atoms with van der Waals surface area (Å²) in [4.78, 5) is 9.37. The molecule has 0 aliphatic heterocycles. The molecule has 9 heavy (non-hydrogen) atoms. The van der Waals surface area contributed by atoms with Crippen LogP contribution in [0.25, 0.3) is 0 Å². The van der Waals surface area contributed by atoms with Crippen LogP contribution in [0.3, 0.4) is 0 Å². The second-order valence-corrected chi connectivity index (χ2v) is 8.82. The van der Waals surface area contributed by atoms with Crippen molar-refractivity contribution < 1.29 is 22.9 Å². The maximum atomic E-state index is 9.37. The summed E-state index contributed by atoms with van der Waals surface area (Å²) in [6.45, 7) is 1.60. The molecule has 0 aliphatic rings. The van der Waals surface area contributed by atoms with Crippen LogP contribution in [-0.4, -0.2) is 11.1 Å². The molecule has 0 atom stereocenters. The molecular formula is C3H6Cl3O2Ru. The Morgan fingerprint density at radius 1 is 1.56 bits per heavy atom. The van der Waals surface area contributed by atoms with Crippen molar-refractivity contribution in [3.8, 4) is 0 Å². The fourth-order valence-electron chi connectivity index (χ4n) is 0. The van der Waals surface area contributed by atoms with Crippen LogP contribution < -0.4 is 0 Å². The SMILES string of the molecule is CCC(=O)O.[Cl][Ru]([Cl])[Cl]. The molecule has 0 rings (SSSR count). The Kier molecular flexibility index (Phi) is 12.6. The third-order valence-electron chi connectivity index (χ3n) is 0.302. The topological polar surface area (TPSA) is 37.3 Å². The number of hydrogen-bond acceptors (Lipinski definition) is 1. The Bertz CT molecular complexity index is 74.7. The first-order valence-corrected chi connectivity index (χ1v) is 8.60. The van der Waals surface area contributed by atoms with E-state index < -0.39 is 18.9 Å². The standard InChI is InChI=1S/C3H6O2.3ClH.Ru/c1-2-3(4)5;;;;/h2H2,1H3,(H,4,5);3*1H;/q;;;;+3/p-3. The number of carboxylic acids is 1. The molecule has 0 unspecified atom stereocenters. The Morgan fingerprint density at radius 2 is 1.67 bits per heavy atom. The molecule has 59 valence electrons. The van der Waals surface area contributed by atoms with Gasteiger partial charge < -0.3 is 5.11 Å². The van der Waals surface area contributed by atoms with Crippen LogP contribution in [-0.2, 0) is 17.8 Å². The Morgan fingerprint density at radius 3 is 1.67 bits per heavy atom. The Hall–Kier alpha value is 0.963. The van der Waals surface area contributed by atoms with Gasteiger partial charge in [-0.1, -0.05) is 6.92 Å². The number of carboxylic acid groups (broad SMARTS) is 1. The van der Waals surface area contributed by atoms with Crippen molar-refractivity contribution in [1.29, 1.82) is 0 Å². The van der Waals surface area contributed by atoms with Crippen LogP contribution in [0.2, 0.25) is 0 Å². The minimum absolute atomic E-state index is 0.222. The van der Waals surface area contributed by atoms with Crippen LogP contribution in [0, 0.1) is 0 Å². The average Bonchev–Trinajstić information content (AvgIpc) is 1.65. The molecule has 0 heterocycles. The summed E-state index contributed by atoms with van der Waals surface area (Å²) < 4.78 is 0. The van der Waals surface area contributed by atoms with Crippen molar-refractivity contribution in [2.24, 2.45) is 0 Å². The van der Waals surface area contributed by atoms with Crippen molar-refractivity contribution in [3.63, 3.8) is 0 Å². The van der Waals surface area contributed by atoms with E-state index in [0.29, 0.717) is 0 Å². The Balaban J connectivity index is 0. The van der Waals surface area contributed by atoms with Crippen molar-refractivity contribution in [3.05, 3.63) is 0 Å². The summed E-state index contributed by atoms with van der Waals surface area (Å²) in [5.74, 6) is -0.745. The predicted molar refractivity (Wildman–Crippen MR) is 35.5 cm³/mol. The summed E-state index contributed by atoms with van der Waals surface area (Å²) in [6.07, 6.45) is 0.222. The van der Waals surface area contributed by atoms with Gasteiger partial charge in [-0.25, -0.2) is 0 Å². The van der Waals surface area contributed by atoms with Crippen molar-refractivity contribution in [1.82, 2.24) is 0 Å². The van der Waals surface area contributed by atoms with Gasteiger partial charge in [0.15, 0.2) is 0 Å². The first kappa shape index (κ1) is 12.6. The summed E-state index contributed by atoms with van der Waals surface area (Å²) in [5, 5.41) is 7.72. The molecule has 2 nitrogen and oxygen atoms in total. The van der Waals surface area contributed by atoms with Crippen LogP contribution in [0.5, 0.6) is 0 Å². The molecule has 0 spiro atoms. The van der Waals surface area contributed by atoms with Gasteiger partial charge in [0, 0.05) is 6.42 Å². The summed E-state index contributed by atoms with van der Waals surface area (Å²) in [5.41, 5.74) is 0. The first-order valence-electron chi connectivity index (χ1n) is 1.89. The monoisotopic (exact) mass is 281 g/mol. The normalized spacial score (nSPS) is 9.11.